The van der Waals surface area contributed by atoms with Gasteiger partial charge in [-0.05, 0) is 63.4 Å². The topological polar surface area (TPSA) is 45.3 Å². The summed E-state index contributed by atoms with van der Waals surface area (Å²) in [5, 5.41) is 10.6. The smallest absolute Gasteiger partial charge is 0.381 e. The van der Waals surface area contributed by atoms with E-state index in [9.17, 15) is 13.2 Å². The molecule has 0 radical (unpaired) electrons. The van der Waals surface area contributed by atoms with E-state index >= 15 is 0 Å². The van der Waals surface area contributed by atoms with Crippen LogP contribution in [0.3, 0.4) is 0 Å². The molecule has 4 nitrogen and oxygen atoms in total. The first-order chi connectivity index (χ1) is 15.5. The van der Waals surface area contributed by atoms with Gasteiger partial charge in [0.15, 0.2) is 0 Å². The minimum absolute atomic E-state index is 0.0223. The first-order valence-corrected chi connectivity index (χ1v) is 11.9. The van der Waals surface area contributed by atoms with Gasteiger partial charge in [0.05, 0.1) is 17.8 Å². The third-order valence-corrected chi connectivity index (χ3v) is 7.47. The molecule has 1 unspecified atom stereocenters. The summed E-state index contributed by atoms with van der Waals surface area (Å²) >= 11 is 0. The van der Waals surface area contributed by atoms with Crippen molar-refractivity contribution < 1.29 is 17.9 Å². The fourth-order valence-electron chi connectivity index (χ4n) is 5.74. The van der Waals surface area contributed by atoms with Crippen LogP contribution < -0.4 is 16.0 Å². The Kier molecular flexibility index (Phi) is 6.32. The van der Waals surface area contributed by atoms with Crippen molar-refractivity contribution in [3.05, 3.63) is 53.6 Å². The van der Waals surface area contributed by atoms with Crippen molar-refractivity contribution in [1.29, 1.82) is 0 Å². The van der Waals surface area contributed by atoms with Gasteiger partial charge >= 0.3 is 6.18 Å². The molecule has 2 fully saturated rings. The molecular formula is C25H32F3N3O. The summed E-state index contributed by atoms with van der Waals surface area (Å²) in [7, 11) is 0. The second-order valence-corrected chi connectivity index (χ2v) is 9.53. The zero-order chi connectivity index (χ0) is 22.1. The van der Waals surface area contributed by atoms with E-state index < -0.39 is 11.7 Å². The molecule has 7 heteroatoms. The van der Waals surface area contributed by atoms with Crippen LogP contribution in [0.4, 0.5) is 18.9 Å². The zero-order valence-corrected chi connectivity index (χ0v) is 18.2. The monoisotopic (exact) mass is 447 g/mol. The Bertz CT molecular complexity index is 862. The quantitative estimate of drug-likeness (QED) is 0.620. The fraction of sp³-hybridized carbons (Fsp3) is 0.600. The van der Waals surface area contributed by atoms with Crippen LogP contribution in [0.25, 0.3) is 0 Å². The van der Waals surface area contributed by atoms with Crippen LogP contribution in [0.5, 0.6) is 0 Å². The zero-order valence-electron chi connectivity index (χ0n) is 18.2. The number of benzene rings is 1. The molecule has 0 amide bonds. The van der Waals surface area contributed by atoms with E-state index in [1.807, 2.05) is 0 Å². The van der Waals surface area contributed by atoms with Gasteiger partial charge in [-0.1, -0.05) is 24.3 Å². The summed E-state index contributed by atoms with van der Waals surface area (Å²) in [5.41, 5.74) is 0.830. The van der Waals surface area contributed by atoms with E-state index in [1.165, 1.54) is 12.1 Å². The molecule has 32 heavy (non-hydrogen) atoms. The Morgan fingerprint density at radius 2 is 1.91 bits per heavy atom. The highest BCUT2D eigenvalue weighted by molar-refractivity contribution is 5.58. The Morgan fingerprint density at radius 3 is 2.66 bits per heavy atom. The SMILES string of the molecule is FC(F)(F)c1ccc2c(c1)[C@H]1O[C@@H](CNC3CCNCC3)CC[C@H]1[C@H](C1C=CC=CC1)N2. The van der Waals surface area contributed by atoms with Crippen LogP contribution in [-0.4, -0.2) is 37.8 Å². The van der Waals surface area contributed by atoms with Crippen molar-refractivity contribution >= 4 is 5.69 Å². The molecular weight excluding hydrogens is 415 g/mol. The average molecular weight is 448 g/mol. The lowest BCUT2D eigenvalue weighted by molar-refractivity contribution is -0.138. The maximum absolute atomic E-state index is 13.5. The second-order valence-electron chi connectivity index (χ2n) is 9.53. The van der Waals surface area contributed by atoms with E-state index in [0.29, 0.717) is 17.5 Å². The Morgan fingerprint density at radius 1 is 1.06 bits per heavy atom. The lowest BCUT2D eigenvalue weighted by atomic mass is 9.73. The van der Waals surface area contributed by atoms with Gasteiger partial charge in [-0.25, -0.2) is 0 Å². The highest BCUT2D eigenvalue weighted by atomic mass is 19.4. The summed E-state index contributed by atoms with van der Waals surface area (Å²) in [6.45, 7) is 2.81. The minimum Gasteiger partial charge on any atom is -0.381 e. The molecule has 1 aromatic carbocycles. The molecule has 3 aliphatic heterocycles. The van der Waals surface area contributed by atoms with Crippen molar-refractivity contribution in [3.8, 4) is 0 Å². The molecule has 3 heterocycles. The van der Waals surface area contributed by atoms with Gasteiger partial charge in [-0.3, -0.25) is 0 Å². The Labute approximate surface area is 187 Å². The van der Waals surface area contributed by atoms with Crippen molar-refractivity contribution in [3.63, 3.8) is 0 Å². The molecule has 0 aromatic heterocycles. The van der Waals surface area contributed by atoms with Gasteiger partial charge in [0.2, 0.25) is 0 Å². The fourth-order valence-corrected chi connectivity index (χ4v) is 5.74. The number of hydrogen-bond donors (Lipinski definition) is 3. The van der Waals surface area contributed by atoms with Crippen molar-refractivity contribution in [1.82, 2.24) is 10.6 Å². The van der Waals surface area contributed by atoms with E-state index in [2.05, 4.69) is 40.3 Å². The molecule has 0 bridgehead atoms. The largest absolute Gasteiger partial charge is 0.416 e. The molecule has 0 saturated carbocycles. The number of rotatable bonds is 4. The van der Waals surface area contributed by atoms with E-state index in [1.54, 1.807) is 6.07 Å². The number of nitrogens with one attached hydrogen (secondary N) is 3. The number of hydrogen-bond acceptors (Lipinski definition) is 4. The predicted octanol–water partition coefficient (Wildman–Crippen LogP) is 4.81. The summed E-state index contributed by atoms with van der Waals surface area (Å²) < 4.78 is 46.9. The van der Waals surface area contributed by atoms with Crippen molar-refractivity contribution in [2.75, 3.05) is 25.0 Å². The predicted molar refractivity (Wildman–Crippen MR) is 119 cm³/mol. The summed E-state index contributed by atoms with van der Waals surface area (Å²) in [4.78, 5) is 0. The van der Waals surface area contributed by atoms with Gasteiger partial charge in [0, 0.05) is 41.7 Å². The minimum atomic E-state index is -4.36. The highest BCUT2D eigenvalue weighted by Gasteiger charge is 2.45. The molecule has 0 spiro atoms. The van der Waals surface area contributed by atoms with Crippen LogP contribution in [0, 0.1) is 11.8 Å². The maximum Gasteiger partial charge on any atom is 0.416 e. The van der Waals surface area contributed by atoms with Gasteiger partial charge in [-0.2, -0.15) is 13.2 Å². The van der Waals surface area contributed by atoms with Crippen LogP contribution in [-0.2, 0) is 10.9 Å². The number of anilines is 1. The Hall–Kier alpha value is -1.83. The van der Waals surface area contributed by atoms with Crippen molar-refractivity contribution in [2.24, 2.45) is 11.8 Å². The van der Waals surface area contributed by atoms with Crippen LogP contribution in [0.15, 0.2) is 42.5 Å². The number of fused-ring (bicyclic) bond motifs is 3. The average Bonchev–Trinajstić information content (AvgIpc) is 2.82. The molecule has 2 saturated heterocycles. The van der Waals surface area contributed by atoms with Crippen LogP contribution >= 0.6 is 0 Å². The standard InChI is InChI=1S/C25H32F3N3O/c26-25(27,28)17-6-9-22-21(14-17)24-20(23(31-22)16-4-2-1-3-5-16)8-7-19(32-24)15-30-18-10-12-29-13-11-18/h1-4,6,9,14,16,18-20,23-24,29-31H,5,7-8,10-13,15H2/t16?,19-,20+,23+,24+/m1/s1. The summed E-state index contributed by atoms with van der Waals surface area (Å²) in [5.74, 6) is 0.471. The van der Waals surface area contributed by atoms with Gasteiger partial charge in [0.25, 0.3) is 0 Å². The Balaban J connectivity index is 1.38. The van der Waals surface area contributed by atoms with Gasteiger partial charge in [-0.15, -0.1) is 0 Å². The molecule has 5 rings (SSSR count). The number of piperidine rings is 1. The molecule has 3 N–H and O–H groups in total. The third-order valence-electron chi connectivity index (χ3n) is 7.47. The van der Waals surface area contributed by atoms with Crippen LogP contribution in [0.1, 0.15) is 49.3 Å². The maximum atomic E-state index is 13.5. The summed E-state index contributed by atoms with van der Waals surface area (Å²) in [6.07, 6.45) is 8.88. The highest BCUT2D eigenvalue weighted by Crippen LogP contribution is 2.49. The van der Waals surface area contributed by atoms with Gasteiger partial charge in [0.1, 0.15) is 0 Å². The molecule has 4 aliphatic rings. The molecule has 174 valence electrons. The number of allylic oxidation sites excluding steroid dienone is 3. The first-order valence-electron chi connectivity index (χ1n) is 11.9. The van der Waals surface area contributed by atoms with E-state index in [-0.39, 0.29) is 24.2 Å². The first kappa shape index (κ1) is 22.0. The number of ether oxygens (including phenoxy) is 1. The number of halogens is 3. The summed E-state index contributed by atoms with van der Waals surface area (Å²) in [6, 6.07) is 4.71. The van der Waals surface area contributed by atoms with Crippen molar-refractivity contribution in [2.45, 2.75) is 62.6 Å². The normalized spacial score (nSPS) is 32.8. The molecule has 1 aliphatic carbocycles. The lowest BCUT2D eigenvalue weighted by Crippen LogP contribution is -2.49. The van der Waals surface area contributed by atoms with Gasteiger partial charge < -0.3 is 20.7 Å². The third kappa shape index (κ3) is 4.61. The molecule has 5 atom stereocenters. The number of alkyl halides is 3. The van der Waals surface area contributed by atoms with Crippen LogP contribution in [0.2, 0.25) is 0 Å². The van der Waals surface area contributed by atoms with E-state index in [0.717, 1.165) is 57.4 Å². The second kappa shape index (κ2) is 9.20. The lowest BCUT2D eigenvalue weighted by Gasteiger charge is -2.48. The molecule has 1 aromatic rings. The van der Waals surface area contributed by atoms with E-state index in [4.69, 9.17) is 4.74 Å².